The molecule has 0 N–H and O–H groups in total. The summed E-state index contributed by atoms with van der Waals surface area (Å²) in [4.78, 5) is 2.71. The third kappa shape index (κ3) is 6.59. The second kappa shape index (κ2) is 11.9. The van der Waals surface area contributed by atoms with Crippen LogP contribution in [0.2, 0.25) is 0 Å². The van der Waals surface area contributed by atoms with Crippen molar-refractivity contribution in [2.75, 3.05) is 6.54 Å². The average Bonchev–Trinajstić information content (AvgIpc) is 2.77. The molecule has 1 nitrogen and oxygen atoms in total. The third-order valence-corrected chi connectivity index (χ3v) is 7.48. The summed E-state index contributed by atoms with van der Waals surface area (Å²) in [5, 5.41) is 0.318. The molecule has 0 amide bonds. The maximum absolute atomic E-state index is 6.61. The minimum Gasteiger partial charge on any atom is -0.298 e. The van der Waals surface area contributed by atoms with Crippen LogP contribution in [0.4, 0.5) is 0 Å². The Morgan fingerprint density at radius 3 is 2.20 bits per heavy atom. The van der Waals surface area contributed by atoms with Gasteiger partial charge in [0.15, 0.2) is 0 Å². The van der Waals surface area contributed by atoms with Crippen LogP contribution in [0.3, 0.4) is 0 Å². The molecular weight excluding hydrogens is 386 g/mol. The maximum atomic E-state index is 6.61. The molecule has 3 rings (SSSR count). The number of rotatable bonds is 10. The number of halogens is 1. The lowest BCUT2D eigenvalue weighted by molar-refractivity contribution is 0.143. The highest BCUT2D eigenvalue weighted by Crippen LogP contribution is 2.36. The second-order valence-corrected chi connectivity index (χ2v) is 9.88. The largest absolute Gasteiger partial charge is 0.298 e. The van der Waals surface area contributed by atoms with E-state index in [9.17, 15) is 0 Å². The molecule has 0 aromatic heterocycles. The van der Waals surface area contributed by atoms with E-state index in [4.69, 9.17) is 11.6 Å². The van der Waals surface area contributed by atoms with Crippen LogP contribution in [-0.2, 0) is 12.8 Å². The highest BCUT2D eigenvalue weighted by Gasteiger charge is 2.24. The van der Waals surface area contributed by atoms with Gasteiger partial charge in [-0.15, -0.1) is 11.6 Å². The molecule has 3 unspecified atom stereocenters. The molecule has 2 aromatic rings. The molecule has 0 spiro atoms. The fraction of sp³-hybridized carbons (Fsp3) is 0.571. The van der Waals surface area contributed by atoms with E-state index in [1.165, 1.54) is 55.2 Å². The van der Waals surface area contributed by atoms with Gasteiger partial charge in [0.05, 0.1) is 0 Å². The lowest BCUT2D eigenvalue weighted by Crippen LogP contribution is -2.41. The van der Waals surface area contributed by atoms with Gasteiger partial charge < -0.3 is 0 Å². The van der Waals surface area contributed by atoms with Gasteiger partial charge in [-0.2, -0.15) is 0 Å². The minimum absolute atomic E-state index is 0.318. The molecule has 3 atom stereocenters. The van der Waals surface area contributed by atoms with Gasteiger partial charge in [-0.3, -0.25) is 4.90 Å². The van der Waals surface area contributed by atoms with Gasteiger partial charge in [-0.05, 0) is 69.1 Å². The number of nitrogens with zero attached hydrogens (tertiary/aromatic N) is 1. The molecular formula is C28H40ClN. The normalized spacial score (nSPS) is 20.6. The Kier molecular flexibility index (Phi) is 9.27. The predicted octanol–water partition coefficient (Wildman–Crippen LogP) is 7.62. The second-order valence-electron chi connectivity index (χ2n) is 9.32. The fourth-order valence-corrected chi connectivity index (χ4v) is 5.52. The van der Waals surface area contributed by atoms with Crippen molar-refractivity contribution < 1.29 is 0 Å². The van der Waals surface area contributed by atoms with Crippen LogP contribution < -0.4 is 0 Å². The average molecular weight is 426 g/mol. The smallest absolute Gasteiger partial charge is 0.0404 e. The number of hydrogen-bond acceptors (Lipinski definition) is 1. The van der Waals surface area contributed by atoms with Crippen molar-refractivity contribution in [2.24, 2.45) is 0 Å². The van der Waals surface area contributed by atoms with E-state index in [-0.39, 0.29) is 0 Å². The molecule has 1 aliphatic carbocycles. The zero-order valence-electron chi connectivity index (χ0n) is 19.2. The Morgan fingerprint density at radius 1 is 0.900 bits per heavy atom. The Bertz CT molecular complexity index is 724. The van der Waals surface area contributed by atoms with Crippen molar-refractivity contribution in [1.82, 2.24) is 4.90 Å². The fourth-order valence-electron chi connectivity index (χ4n) is 5.10. The van der Waals surface area contributed by atoms with Gasteiger partial charge in [-0.1, -0.05) is 74.4 Å². The van der Waals surface area contributed by atoms with Crippen LogP contribution >= 0.6 is 11.6 Å². The van der Waals surface area contributed by atoms with Crippen molar-refractivity contribution in [3.8, 4) is 0 Å². The van der Waals surface area contributed by atoms with Crippen molar-refractivity contribution in [2.45, 2.75) is 95.5 Å². The van der Waals surface area contributed by atoms with E-state index in [0.29, 0.717) is 23.4 Å². The van der Waals surface area contributed by atoms with Gasteiger partial charge in [0.25, 0.3) is 0 Å². The molecule has 0 bridgehead atoms. The number of aryl methyl sites for hydroxylation is 1. The van der Waals surface area contributed by atoms with Crippen molar-refractivity contribution >= 4 is 11.6 Å². The highest BCUT2D eigenvalue weighted by molar-refractivity contribution is 6.21. The number of benzene rings is 2. The molecule has 1 saturated carbocycles. The van der Waals surface area contributed by atoms with E-state index in [2.05, 4.69) is 80.3 Å². The molecule has 0 saturated heterocycles. The SMILES string of the molecule is CCC(CCc1ccc(C2CCCCC2Cl)cc1)N(CCc1ccccc1)C(C)C. The van der Waals surface area contributed by atoms with Gasteiger partial charge in [-0.25, -0.2) is 0 Å². The Balaban J connectivity index is 1.56. The van der Waals surface area contributed by atoms with Crippen LogP contribution in [0.15, 0.2) is 54.6 Å². The van der Waals surface area contributed by atoms with Gasteiger partial charge in [0.2, 0.25) is 0 Å². The molecule has 0 aliphatic heterocycles. The summed E-state index contributed by atoms with van der Waals surface area (Å²) in [7, 11) is 0. The molecule has 1 fully saturated rings. The molecule has 164 valence electrons. The van der Waals surface area contributed by atoms with Crippen LogP contribution in [0.5, 0.6) is 0 Å². The topological polar surface area (TPSA) is 3.24 Å². The Hall–Kier alpha value is -1.31. The standard InChI is InChI=1S/C28H40ClN/c1-4-26(30(22(2)3)21-20-23-10-6-5-7-11-23)19-16-24-14-17-25(18-15-24)27-12-8-9-13-28(27)29/h5-7,10-11,14-15,17-18,22,26-28H,4,8-9,12-13,16,19-21H2,1-3H3. The maximum Gasteiger partial charge on any atom is 0.0404 e. The summed E-state index contributed by atoms with van der Waals surface area (Å²) in [6.07, 6.45) is 9.74. The number of alkyl halides is 1. The first-order valence-corrected chi connectivity index (χ1v) is 12.5. The van der Waals surface area contributed by atoms with E-state index >= 15 is 0 Å². The quantitative estimate of drug-likeness (QED) is 0.354. The molecule has 2 heteroatoms. The monoisotopic (exact) mass is 425 g/mol. The molecule has 30 heavy (non-hydrogen) atoms. The van der Waals surface area contributed by atoms with Crippen LogP contribution in [-0.4, -0.2) is 28.9 Å². The molecule has 0 heterocycles. The predicted molar refractivity (Wildman–Crippen MR) is 132 cm³/mol. The summed E-state index contributed by atoms with van der Waals surface area (Å²) in [5.41, 5.74) is 4.34. The van der Waals surface area contributed by atoms with Crippen LogP contribution in [0.25, 0.3) is 0 Å². The number of hydrogen-bond donors (Lipinski definition) is 0. The van der Waals surface area contributed by atoms with Gasteiger partial charge in [0.1, 0.15) is 0 Å². The van der Waals surface area contributed by atoms with Crippen molar-refractivity contribution in [1.29, 1.82) is 0 Å². The first kappa shape index (κ1) is 23.4. The first-order valence-electron chi connectivity index (χ1n) is 12.1. The lowest BCUT2D eigenvalue weighted by Gasteiger charge is -2.35. The summed E-state index contributed by atoms with van der Waals surface area (Å²) in [5.74, 6) is 0.548. The van der Waals surface area contributed by atoms with Crippen molar-refractivity contribution in [3.05, 3.63) is 71.3 Å². The van der Waals surface area contributed by atoms with E-state index in [0.717, 1.165) is 19.4 Å². The molecule has 0 radical (unpaired) electrons. The van der Waals surface area contributed by atoms with E-state index in [1.54, 1.807) is 0 Å². The lowest BCUT2D eigenvalue weighted by atomic mass is 9.83. The van der Waals surface area contributed by atoms with Crippen LogP contribution in [0.1, 0.15) is 81.9 Å². The minimum atomic E-state index is 0.318. The van der Waals surface area contributed by atoms with Crippen LogP contribution in [0, 0.1) is 0 Å². The van der Waals surface area contributed by atoms with Gasteiger partial charge >= 0.3 is 0 Å². The Labute approximate surface area is 189 Å². The Morgan fingerprint density at radius 2 is 1.57 bits per heavy atom. The zero-order valence-corrected chi connectivity index (χ0v) is 20.0. The third-order valence-electron chi connectivity index (χ3n) is 6.96. The molecule has 1 aliphatic rings. The summed E-state index contributed by atoms with van der Waals surface area (Å²) in [6, 6.07) is 21.5. The van der Waals surface area contributed by atoms with Gasteiger partial charge in [0, 0.05) is 29.9 Å². The summed E-state index contributed by atoms with van der Waals surface area (Å²) < 4.78 is 0. The molecule has 2 aromatic carbocycles. The summed E-state index contributed by atoms with van der Waals surface area (Å²) in [6.45, 7) is 8.16. The van der Waals surface area contributed by atoms with Crippen molar-refractivity contribution in [3.63, 3.8) is 0 Å². The highest BCUT2D eigenvalue weighted by atomic mass is 35.5. The summed E-state index contributed by atoms with van der Waals surface area (Å²) >= 11 is 6.61. The first-order chi connectivity index (χ1) is 14.6. The zero-order chi connectivity index (χ0) is 21.3. The van der Waals surface area contributed by atoms with E-state index in [1.807, 2.05) is 0 Å². The van der Waals surface area contributed by atoms with E-state index < -0.39 is 0 Å².